The Morgan fingerprint density at radius 3 is 2.67 bits per heavy atom. The molecule has 1 rings (SSSR count). The highest BCUT2D eigenvalue weighted by Crippen LogP contribution is 2.04. The summed E-state index contributed by atoms with van der Waals surface area (Å²) >= 11 is 0. The van der Waals surface area contributed by atoms with E-state index in [1.807, 2.05) is 49.4 Å². The lowest BCUT2D eigenvalue weighted by atomic mass is 10.1. The molecule has 1 aromatic carbocycles. The zero-order chi connectivity index (χ0) is 10.9. The van der Waals surface area contributed by atoms with Gasteiger partial charge in [0.1, 0.15) is 0 Å². The summed E-state index contributed by atoms with van der Waals surface area (Å²) in [7, 11) is 0. The Labute approximate surface area is 90.7 Å². The van der Waals surface area contributed by atoms with Gasteiger partial charge in [0.05, 0.1) is 6.07 Å². The summed E-state index contributed by atoms with van der Waals surface area (Å²) in [6.07, 6.45) is 9.18. The van der Waals surface area contributed by atoms with Gasteiger partial charge in [-0.25, -0.2) is 0 Å². The zero-order valence-electron chi connectivity index (χ0n) is 8.72. The lowest BCUT2D eigenvalue weighted by molar-refractivity contribution is 1.51. The maximum absolute atomic E-state index is 8.30. The number of rotatable bonds is 3. The first-order valence-electron chi connectivity index (χ1n) is 4.79. The second-order valence-corrected chi connectivity index (χ2v) is 3.14. The van der Waals surface area contributed by atoms with Gasteiger partial charge in [-0.15, -0.1) is 0 Å². The fourth-order valence-electron chi connectivity index (χ4n) is 1.09. The average molecular weight is 195 g/mol. The van der Waals surface area contributed by atoms with Crippen molar-refractivity contribution >= 4 is 6.08 Å². The van der Waals surface area contributed by atoms with Gasteiger partial charge in [-0.2, -0.15) is 5.26 Å². The molecule has 0 unspecified atom stereocenters. The highest BCUT2D eigenvalue weighted by atomic mass is 14.2. The monoisotopic (exact) mass is 195 g/mol. The van der Waals surface area contributed by atoms with Gasteiger partial charge in [-0.3, -0.25) is 0 Å². The van der Waals surface area contributed by atoms with Crippen molar-refractivity contribution in [1.29, 1.82) is 5.26 Å². The zero-order valence-corrected chi connectivity index (χ0v) is 8.72. The Kier molecular flexibility index (Phi) is 4.69. The van der Waals surface area contributed by atoms with Gasteiger partial charge in [-0.05, 0) is 12.5 Å². The standard InChI is InChI=1S/C14H13N/c1-13(7-5-6-12-15)10-11-14-8-3-2-4-9-14/h2-11H,1H3/b6-5+,11-10+,13-7-. The van der Waals surface area contributed by atoms with E-state index in [1.165, 1.54) is 11.6 Å². The van der Waals surface area contributed by atoms with Crippen LogP contribution in [0, 0.1) is 11.3 Å². The molecule has 1 heteroatoms. The molecule has 74 valence electrons. The third kappa shape index (κ3) is 4.64. The molecule has 0 aliphatic heterocycles. The smallest absolute Gasteiger partial charge is 0.0912 e. The van der Waals surface area contributed by atoms with Gasteiger partial charge in [-0.1, -0.05) is 60.2 Å². The first-order chi connectivity index (χ1) is 7.33. The number of allylic oxidation sites excluding steroid dienone is 5. The van der Waals surface area contributed by atoms with E-state index in [2.05, 4.69) is 12.1 Å². The first kappa shape index (κ1) is 11.0. The van der Waals surface area contributed by atoms with Crippen LogP contribution in [0.2, 0.25) is 0 Å². The quantitative estimate of drug-likeness (QED) is 0.532. The SMILES string of the molecule is CC(=C/C=C/C#N)/C=C/c1ccccc1. The summed E-state index contributed by atoms with van der Waals surface area (Å²) in [6.45, 7) is 2.00. The second kappa shape index (κ2) is 6.39. The number of hydrogen-bond acceptors (Lipinski definition) is 1. The summed E-state index contributed by atoms with van der Waals surface area (Å²) < 4.78 is 0. The summed E-state index contributed by atoms with van der Waals surface area (Å²) in [5.74, 6) is 0. The molecule has 0 aliphatic rings. The van der Waals surface area contributed by atoms with E-state index in [9.17, 15) is 0 Å². The molecule has 1 nitrogen and oxygen atoms in total. The summed E-state index contributed by atoms with van der Waals surface area (Å²) in [4.78, 5) is 0. The molecule has 0 aliphatic carbocycles. The molecule has 0 saturated heterocycles. The Morgan fingerprint density at radius 1 is 1.27 bits per heavy atom. The predicted molar refractivity (Wildman–Crippen MR) is 64.0 cm³/mol. The Bertz CT molecular complexity index is 416. The molecule has 0 aromatic heterocycles. The number of hydrogen-bond donors (Lipinski definition) is 0. The third-order valence-electron chi connectivity index (χ3n) is 1.87. The van der Waals surface area contributed by atoms with Crippen LogP contribution in [0.5, 0.6) is 0 Å². The minimum atomic E-state index is 1.12. The van der Waals surface area contributed by atoms with Gasteiger partial charge in [0.2, 0.25) is 0 Å². The van der Waals surface area contributed by atoms with Crippen LogP contribution in [0.3, 0.4) is 0 Å². The van der Waals surface area contributed by atoms with E-state index < -0.39 is 0 Å². The molecule has 15 heavy (non-hydrogen) atoms. The highest BCUT2D eigenvalue weighted by molar-refractivity contribution is 5.52. The number of nitriles is 1. The van der Waals surface area contributed by atoms with E-state index in [-0.39, 0.29) is 0 Å². The topological polar surface area (TPSA) is 23.8 Å². The third-order valence-corrected chi connectivity index (χ3v) is 1.87. The van der Waals surface area contributed by atoms with E-state index >= 15 is 0 Å². The maximum atomic E-state index is 8.30. The van der Waals surface area contributed by atoms with Crippen molar-refractivity contribution in [3.63, 3.8) is 0 Å². The summed E-state index contributed by atoms with van der Waals surface area (Å²) in [6, 6.07) is 12.1. The average Bonchev–Trinajstić information content (AvgIpc) is 2.28. The number of benzene rings is 1. The largest absolute Gasteiger partial charge is 0.193 e. The van der Waals surface area contributed by atoms with Gasteiger partial charge in [0.15, 0.2) is 0 Å². The molecule has 0 heterocycles. The van der Waals surface area contributed by atoms with E-state index in [1.54, 1.807) is 6.08 Å². The van der Waals surface area contributed by atoms with E-state index in [0.29, 0.717) is 0 Å². The van der Waals surface area contributed by atoms with Crippen LogP contribution in [0.25, 0.3) is 6.08 Å². The minimum absolute atomic E-state index is 1.12. The van der Waals surface area contributed by atoms with Gasteiger partial charge < -0.3 is 0 Å². The van der Waals surface area contributed by atoms with Crippen LogP contribution in [-0.2, 0) is 0 Å². The normalized spacial score (nSPS) is 12.1. The Balaban J connectivity index is 2.63. The maximum Gasteiger partial charge on any atom is 0.0912 e. The molecule has 1 aromatic rings. The molecule has 0 N–H and O–H groups in total. The van der Waals surface area contributed by atoms with Crippen molar-refractivity contribution in [3.05, 3.63) is 65.8 Å². The molecule has 0 spiro atoms. The fourth-order valence-corrected chi connectivity index (χ4v) is 1.09. The first-order valence-corrected chi connectivity index (χ1v) is 4.79. The molecule has 0 atom stereocenters. The van der Waals surface area contributed by atoms with Crippen molar-refractivity contribution in [1.82, 2.24) is 0 Å². The van der Waals surface area contributed by atoms with Crippen LogP contribution in [0.4, 0.5) is 0 Å². The van der Waals surface area contributed by atoms with Crippen LogP contribution in [-0.4, -0.2) is 0 Å². The highest BCUT2D eigenvalue weighted by Gasteiger charge is 1.83. The van der Waals surface area contributed by atoms with Crippen molar-refractivity contribution in [2.45, 2.75) is 6.92 Å². The van der Waals surface area contributed by atoms with Gasteiger partial charge in [0.25, 0.3) is 0 Å². The molecule has 0 radical (unpaired) electrons. The Morgan fingerprint density at radius 2 is 2.00 bits per heavy atom. The van der Waals surface area contributed by atoms with Crippen molar-refractivity contribution < 1.29 is 0 Å². The van der Waals surface area contributed by atoms with Crippen molar-refractivity contribution in [3.8, 4) is 6.07 Å². The molecular formula is C14H13N. The van der Waals surface area contributed by atoms with E-state index in [0.717, 1.165) is 5.57 Å². The van der Waals surface area contributed by atoms with Crippen molar-refractivity contribution in [2.24, 2.45) is 0 Å². The van der Waals surface area contributed by atoms with Gasteiger partial charge in [0, 0.05) is 6.08 Å². The lowest BCUT2D eigenvalue weighted by Gasteiger charge is -1.91. The second-order valence-electron chi connectivity index (χ2n) is 3.14. The Hall–Kier alpha value is -2.07. The predicted octanol–water partition coefficient (Wildman–Crippen LogP) is 3.73. The molecular weight excluding hydrogens is 182 g/mol. The van der Waals surface area contributed by atoms with Crippen LogP contribution < -0.4 is 0 Å². The summed E-state index contributed by atoms with van der Waals surface area (Å²) in [5.41, 5.74) is 2.29. The fraction of sp³-hybridized carbons (Fsp3) is 0.0714. The van der Waals surface area contributed by atoms with Crippen LogP contribution in [0.1, 0.15) is 12.5 Å². The van der Waals surface area contributed by atoms with E-state index in [4.69, 9.17) is 5.26 Å². The van der Waals surface area contributed by atoms with Crippen molar-refractivity contribution in [2.75, 3.05) is 0 Å². The van der Waals surface area contributed by atoms with Crippen LogP contribution in [0.15, 0.2) is 60.2 Å². The summed E-state index contributed by atoms with van der Waals surface area (Å²) in [5, 5.41) is 8.30. The molecule has 0 amide bonds. The lowest BCUT2D eigenvalue weighted by Crippen LogP contribution is -1.70. The van der Waals surface area contributed by atoms with Gasteiger partial charge >= 0.3 is 0 Å². The molecule has 0 saturated carbocycles. The number of nitrogens with zero attached hydrogens (tertiary/aromatic N) is 1. The van der Waals surface area contributed by atoms with Crippen LogP contribution >= 0.6 is 0 Å². The molecule has 0 fully saturated rings. The minimum Gasteiger partial charge on any atom is -0.193 e. The molecule has 0 bridgehead atoms.